The van der Waals surface area contributed by atoms with E-state index in [1.54, 1.807) is 0 Å². The highest BCUT2D eigenvalue weighted by molar-refractivity contribution is 7.89. The molecule has 1 atom stereocenters. The minimum Gasteiger partial charge on any atom is -0.352 e. The molecular weight excluding hydrogens is 360 g/mol. The first-order chi connectivity index (χ1) is 11.9. The lowest BCUT2D eigenvalue weighted by Crippen LogP contribution is -2.48. The van der Waals surface area contributed by atoms with Crippen molar-refractivity contribution in [1.82, 2.24) is 10.0 Å². The maximum atomic E-state index is 12.6. The second-order valence-electron chi connectivity index (χ2n) is 6.10. The van der Waals surface area contributed by atoms with Crippen molar-refractivity contribution in [3.63, 3.8) is 0 Å². The molecule has 0 aliphatic heterocycles. The fraction of sp³-hybridized carbons (Fsp3) is 0.278. The summed E-state index contributed by atoms with van der Waals surface area (Å²) < 4.78 is 27.8. The molecule has 0 heterocycles. The summed E-state index contributed by atoms with van der Waals surface area (Å²) in [5.41, 5.74) is 0.886. The van der Waals surface area contributed by atoms with Crippen LogP contribution >= 0.6 is 11.6 Å². The number of halogens is 1. The van der Waals surface area contributed by atoms with Gasteiger partial charge in [-0.1, -0.05) is 41.9 Å². The summed E-state index contributed by atoms with van der Waals surface area (Å²) in [4.78, 5) is 12.6. The first kappa shape index (κ1) is 17.9. The van der Waals surface area contributed by atoms with Crippen molar-refractivity contribution in [2.24, 2.45) is 0 Å². The molecule has 0 saturated heterocycles. The number of rotatable bonds is 7. The average molecular weight is 379 g/mol. The molecule has 1 fully saturated rings. The van der Waals surface area contributed by atoms with Crippen LogP contribution < -0.4 is 10.0 Å². The summed E-state index contributed by atoms with van der Waals surface area (Å²) in [5, 5.41) is 3.32. The van der Waals surface area contributed by atoms with Crippen molar-refractivity contribution in [2.75, 3.05) is 0 Å². The molecule has 7 heteroatoms. The van der Waals surface area contributed by atoms with Gasteiger partial charge < -0.3 is 5.32 Å². The number of sulfonamides is 1. The Labute approximate surface area is 152 Å². The lowest BCUT2D eigenvalue weighted by atomic mass is 10.1. The summed E-state index contributed by atoms with van der Waals surface area (Å²) >= 11 is 5.81. The molecule has 2 aromatic rings. The van der Waals surface area contributed by atoms with Crippen LogP contribution in [-0.4, -0.2) is 26.4 Å². The van der Waals surface area contributed by atoms with E-state index in [-0.39, 0.29) is 23.3 Å². The van der Waals surface area contributed by atoms with Crippen LogP contribution in [0.4, 0.5) is 0 Å². The summed E-state index contributed by atoms with van der Waals surface area (Å²) in [6.45, 7) is 0. The molecule has 1 saturated carbocycles. The molecule has 3 rings (SSSR count). The predicted molar refractivity (Wildman–Crippen MR) is 96.9 cm³/mol. The SMILES string of the molecule is O=C(NC1CC1)[C@H](Cc1ccccc1)NS(=O)(=O)c1ccc(Cl)cc1. The number of carbonyl (C=O) groups excluding carboxylic acids is 1. The smallest absolute Gasteiger partial charge is 0.241 e. The Hall–Kier alpha value is -1.89. The van der Waals surface area contributed by atoms with Gasteiger partial charge in [-0.3, -0.25) is 4.79 Å². The first-order valence-electron chi connectivity index (χ1n) is 8.06. The second kappa shape index (κ2) is 7.56. The first-order valence-corrected chi connectivity index (χ1v) is 9.92. The normalized spacial score (nSPS) is 15.6. The minimum absolute atomic E-state index is 0.0779. The molecule has 0 spiro atoms. The molecule has 2 aromatic carbocycles. The van der Waals surface area contributed by atoms with Gasteiger partial charge in [0.2, 0.25) is 15.9 Å². The van der Waals surface area contributed by atoms with Gasteiger partial charge in [0, 0.05) is 11.1 Å². The lowest BCUT2D eigenvalue weighted by Gasteiger charge is -2.18. The third-order valence-corrected chi connectivity index (χ3v) is 5.68. The molecule has 1 aliphatic carbocycles. The summed E-state index contributed by atoms with van der Waals surface area (Å²) in [5.74, 6) is -0.302. The molecule has 2 N–H and O–H groups in total. The number of hydrogen-bond donors (Lipinski definition) is 2. The fourth-order valence-corrected chi connectivity index (χ4v) is 3.76. The highest BCUT2D eigenvalue weighted by Crippen LogP contribution is 2.20. The van der Waals surface area contributed by atoms with Crippen LogP contribution in [0.25, 0.3) is 0 Å². The van der Waals surface area contributed by atoms with E-state index >= 15 is 0 Å². The van der Waals surface area contributed by atoms with Crippen molar-refractivity contribution in [1.29, 1.82) is 0 Å². The van der Waals surface area contributed by atoms with E-state index in [9.17, 15) is 13.2 Å². The van der Waals surface area contributed by atoms with Crippen LogP contribution in [0.2, 0.25) is 5.02 Å². The van der Waals surface area contributed by atoms with Gasteiger partial charge in [-0.25, -0.2) is 8.42 Å². The molecule has 0 aromatic heterocycles. The maximum Gasteiger partial charge on any atom is 0.241 e. The quantitative estimate of drug-likeness (QED) is 0.777. The topological polar surface area (TPSA) is 75.3 Å². The zero-order chi connectivity index (χ0) is 17.9. The van der Waals surface area contributed by atoms with Gasteiger partial charge in [0.05, 0.1) is 4.90 Å². The van der Waals surface area contributed by atoms with Crippen LogP contribution in [0, 0.1) is 0 Å². The van der Waals surface area contributed by atoms with Gasteiger partial charge in [0.15, 0.2) is 0 Å². The third-order valence-electron chi connectivity index (χ3n) is 3.94. The van der Waals surface area contributed by atoms with Gasteiger partial charge in [0.25, 0.3) is 0 Å². The number of amides is 1. The van der Waals surface area contributed by atoms with Gasteiger partial charge in [-0.15, -0.1) is 0 Å². The highest BCUT2D eigenvalue weighted by Gasteiger charge is 2.30. The predicted octanol–water partition coefficient (Wildman–Crippen LogP) is 2.51. The van der Waals surface area contributed by atoms with Gasteiger partial charge in [0.1, 0.15) is 6.04 Å². The zero-order valence-corrected chi connectivity index (χ0v) is 15.1. The lowest BCUT2D eigenvalue weighted by molar-refractivity contribution is -0.122. The number of carbonyl (C=O) groups is 1. The van der Waals surface area contributed by atoms with Crippen LogP contribution in [0.3, 0.4) is 0 Å². The average Bonchev–Trinajstić information content (AvgIpc) is 3.39. The van der Waals surface area contributed by atoms with Crippen molar-refractivity contribution in [3.05, 3.63) is 65.2 Å². The Morgan fingerprint density at radius 1 is 1.08 bits per heavy atom. The summed E-state index contributed by atoms with van der Waals surface area (Å²) in [7, 11) is -3.83. The van der Waals surface area contributed by atoms with Crippen molar-refractivity contribution in [3.8, 4) is 0 Å². The van der Waals surface area contributed by atoms with Crippen LogP contribution in [0.15, 0.2) is 59.5 Å². The number of hydrogen-bond acceptors (Lipinski definition) is 3. The van der Waals surface area contributed by atoms with E-state index in [1.165, 1.54) is 24.3 Å². The third kappa shape index (κ3) is 5.04. The van der Waals surface area contributed by atoms with Crippen LogP contribution in [0.5, 0.6) is 0 Å². The van der Waals surface area contributed by atoms with E-state index in [2.05, 4.69) is 10.0 Å². The molecule has 0 unspecified atom stereocenters. The van der Waals surface area contributed by atoms with E-state index in [1.807, 2.05) is 30.3 Å². The summed E-state index contributed by atoms with van der Waals surface area (Å²) in [6.07, 6.45) is 2.16. The molecule has 0 radical (unpaired) electrons. The van der Waals surface area contributed by atoms with E-state index in [4.69, 9.17) is 11.6 Å². The minimum atomic E-state index is -3.83. The largest absolute Gasteiger partial charge is 0.352 e. The van der Waals surface area contributed by atoms with Crippen molar-refractivity contribution < 1.29 is 13.2 Å². The van der Waals surface area contributed by atoms with E-state index in [0.717, 1.165) is 18.4 Å². The molecule has 0 bridgehead atoms. The highest BCUT2D eigenvalue weighted by atomic mass is 35.5. The molecule has 25 heavy (non-hydrogen) atoms. The Morgan fingerprint density at radius 3 is 2.32 bits per heavy atom. The molecular formula is C18H19ClN2O3S. The molecule has 5 nitrogen and oxygen atoms in total. The second-order valence-corrected chi connectivity index (χ2v) is 8.25. The number of benzene rings is 2. The van der Waals surface area contributed by atoms with Gasteiger partial charge >= 0.3 is 0 Å². The van der Waals surface area contributed by atoms with E-state index in [0.29, 0.717) is 5.02 Å². The fourth-order valence-electron chi connectivity index (χ4n) is 2.44. The summed E-state index contributed by atoms with van der Waals surface area (Å²) in [6, 6.07) is 14.5. The Balaban J connectivity index is 1.80. The molecule has 1 aliphatic rings. The Bertz CT molecular complexity index is 834. The molecule has 1 amide bonds. The van der Waals surface area contributed by atoms with Crippen LogP contribution in [-0.2, 0) is 21.2 Å². The Morgan fingerprint density at radius 2 is 1.72 bits per heavy atom. The van der Waals surface area contributed by atoms with Crippen molar-refractivity contribution in [2.45, 2.75) is 36.2 Å². The monoisotopic (exact) mass is 378 g/mol. The van der Waals surface area contributed by atoms with Gasteiger partial charge in [-0.05, 0) is 49.1 Å². The number of nitrogens with one attached hydrogen (secondary N) is 2. The zero-order valence-electron chi connectivity index (χ0n) is 13.5. The van der Waals surface area contributed by atoms with Crippen LogP contribution in [0.1, 0.15) is 18.4 Å². The van der Waals surface area contributed by atoms with Crippen molar-refractivity contribution >= 4 is 27.5 Å². The Kier molecular flexibility index (Phi) is 5.42. The maximum absolute atomic E-state index is 12.6. The van der Waals surface area contributed by atoms with E-state index < -0.39 is 16.1 Å². The van der Waals surface area contributed by atoms with Gasteiger partial charge in [-0.2, -0.15) is 4.72 Å². The standard InChI is InChI=1S/C18H19ClN2O3S/c19-14-6-10-16(11-7-14)25(23,24)21-17(18(22)20-15-8-9-15)12-13-4-2-1-3-5-13/h1-7,10-11,15,17,21H,8-9,12H2,(H,20,22)/t17-/m0/s1. The molecule has 132 valence electrons.